The van der Waals surface area contributed by atoms with Gasteiger partial charge in [-0.15, -0.1) is 0 Å². The standard InChI is InChI=1S/C38H45N3O6/c1-38(2)46-28-32-24-31(18-19-35(32)47-38)34(42)25-39-20-9-3-4-10-21-45-22-11-8-13-29-16-12-17-33(23-29)41-36(43)27-40(37(41)44)26-30-14-6-5-7-15-30/h5-7,12,14-19,23-24,27,34,39,42-43H,3-4,9-11,20-22,25-26,28H2,1-2H3/t34-/m0/s1. The van der Waals surface area contributed by atoms with Gasteiger partial charge in [0.2, 0.25) is 11.7 Å². The summed E-state index contributed by atoms with van der Waals surface area (Å²) >= 11 is 0. The first-order valence-corrected chi connectivity index (χ1v) is 16.4. The van der Waals surface area contributed by atoms with Crippen molar-refractivity contribution in [1.29, 1.82) is 0 Å². The highest BCUT2D eigenvalue weighted by molar-refractivity contribution is 5.45. The van der Waals surface area contributed by atoms with Gasteiger partial charge in [-0.1, -0.05) is 67.1 Å². The fourth-order valence-electron chi connectivity index (χ4n) is 5.46. The number of nitrogens with zero attached hydrogens (tertiary/aromatic N) is 2. The van der Waals surface area contributed by atoms with Crippen molar-refractivity contribution in [3.8, 4) is 29.2 Å². The minimum Gasteiger partial charge on any atom is -0.493 e. The van der Waals surface area contributed by atoms with Crippen molar-refractivity contribution in [3.63, 3.8) is 0 Å². The summed E-state index contributed by atoms with van der Waals surface area (Å²) in [5.74, 6) is 6.35. The molecule has 5 rings (SSSR count). The second-order valence-corrected chi connectivity index (χ2v) is 12.2. The summed E-state index contributed by atoms with van der Waals surface area (Å²) in [4.78, 5) is 13.0. The largest absolute Gasteiger partial charge is 0.493 e. The average Bonchev–Trinajstić information content (AvgIpc) is 3.34. The molecule has 9 nitrogen and oxygen atoms in total. The van der Waals surface area contributed by atoms with Crippen LogP contribution >= 0.6 is 0 Å². The molecule has 0 fully saturated rings. The molecule has 1 aliphatic heterocycles. The second-order valence-electron chi connectivity index (χ2n) is 12.2. The Hall–Kier alpha value is -4.33. The molecular formula is C38H45N3O6. The van der Waals surface area contributed by atoms with E-state index >= 15 is 0 Å². The number of aliphatic hydroxyl groups is 1. The van der Waals surface area contributed by atoms with E-state index in [9.17, 15) is 15.0 Å². The lowest BCUT2D eigenvalue weighted by molar-refractivity contribution is -0.180. The van der Waals surface area contributed by atoms with Gasteiger partial charge in [0.1, 0.15) is 5.75 Å². The van der Waals surface area contributed by atoms with Gasteiger partial charge < -0.3 is 29.7 Å². The van der Waals surface area contributed by atoms with E-state index < -0.39 is 11.9 Å². The van der Waals surface area contributed by atoms with Crippen LogP contribution in [0.1, 0.15) is 74.3 Å². The molecule has 0 spiro atoms. The Bertz CT molecular complexity index is 1720. The van der Waals surface area contributed by atoms with Gasteiger partial charge in [0.05, 0.1) is 37.7 Å². The van der Waals surface area contributed by atoms with Crippen LogP contribution in [-0.4, -0.2) is 51.4 Å². The number of unbranched alkanes of at least 4 members (excludes halogenated alkanes) is 3. The fourth-order valence-corrected chi connectivity index (χ4v) is 5.46. The van der Waals surface area contributed by atoms with Gasteiger partial charge in [-0.05, 0) is 60.8 Å². The molecule has 3 N–H and O–H groups in total. The number of benzene rings is 3. The molecule has 1 aromatic heterocycles. The van der Waals surface area contributed by atoms with Crippen molar-refractivity contribution in [1.82, 2.24) is 14.5 Å². The maximum absolute atomic E-state index is 13.0. The van der Waals surface area contributed by atoms with Gasteiger partial charge in [-0.3, -0.25) is 4.57 Å². The SMILES string of the molecule is CC1(C)OCc2cc([C@@H](O)CNCCCCCCOCCC#Cc3cccc(-n4c(O)cn(Cc5ccccc5)c4=O)c3)ccc2O1. The van der Waals surface area contributed by atoms with E-state index in [1.165, 1.54) is 15.3 Å². The quantitative estimate of drug-likeness (QED) is 0.114. The summed E-state index contributed by atoms with van der Waals surface area (Å²) in [5.41, 5.74) is 3.83. The third-order valence-corrected chi connectivity index (χ3v) is 7.97. The van der Waals surface area contributed by atoms with Crippen LogP contribution in [0.15, 0.2) is 83.8 Å². The molecule has 0 radical (unpaired) electrons. The highest BCUT2D eigenvalue weighted by Crippen LogP contribution is 2.32. The lowest BCUT2D eigenvalue weighted by atomic mass is 10.0. The van der Waals surface area contributed by atoms with Crippen LogP contribution in [0.3, 0.4) is 0 Å². The van der Waals surface area contributed by atoms with Gasteiger partial charge in [-0.25, -0.2) is 9.36 Å². The summed E-state index contributed by atoms with van der Waals surface area (Å²) < 4.78 is 20.1. The smallest absolute Gasteiger partial charge is 0.336 e. The topological polar surface area (TPSA) is 107 Å². The third kappa shape index (κ3) is 9.83. The number of ether oxygens (including phenoxy) is 3. The van der Waals surface area contributed by atoms with E-state index in [1.54, 1.807) is 12.1 Å². The highest BCUT2D eigenvalue weighted by Gasteiger charge is 2.27. The van der Waals surface area contributed by atoms with Crippen LogP contribution in [0.5, 0.6) is 11.6 Å². The van der Waals surface area contributed by atoms with E-state index in [-0.39, 0.29) is 11.6 Å². The van der Waals surface area contributed by atoms with Crippen molar-refractivity contribution >= 4 is 0 Å². The maximum Gasteiger partial charge on any atom is 0.336 e. The summed E-state index contributed by atoms with van der Waals surface area (Å²) in [6, 6.07) is 22.8. The van der Waals surface area contributed by atoms with E-state index in [0.29, 0.717) is 45.0 Å². The predicted molar refractivity (Wildman–Crippen MR) is 182 cm³/mol. The zero-order valence-corrected chi connectivity index (χ0v) is 27.3. The maximum atomic E-state index is 13.0. The summed E-state index contributed by atoms with van der Waals surface area (Å²) in [6.07, 6.45) is 5.71. The van der Waals surface area contributed by atoms with Crippen LogP contribution in [0.2, 0.25) is 0 Å². The van der Waals surface area contributed by atoms with Gasteiger partial charge in [0.15, 0.2) is 0 Å². The number of aromatic nitrogens is 2. The Morgan fingerprint density at radius 2 is 1.83 bits per heavy atom. The molecular weight excluding hydrogens is 594 g/mol. The molecule has 0 unspecified atom stereocenters. The first-order chi connectivity index (χ1) is 22.8. The van der Waals surface area contributed by atoms with Crippen LogP contribution in [-0.2, 0) is 22.6 Å². The molecule has 9 heteroatoms. The van der Waals surface area contributed by atoms with E-state index in [0.717, 1.165) is 60.2 Å². The monoisotopic (exact) mass is 639 g/mol. The van der Waals surface area contributed by atoms with Gasteiger partial charge in [-0.2, -0.15) is 0 Å². The number of rotatable bonds is 15. The molecule has 0 saturated heterocycles. The zero-order valence-electron chi connectivity index (χ0n) is 27.3. The Morgan fingerprint density at radius 1 is 1.00 bits per heavy atom. The second kappa shape index (κ2) is 16.5. The number of hydrogen-bond donors (Lipinski definition) is 3. The molecule has 2 heterocycles. The Labute approximate surface area is 276 Å². The Morgan fingerprint density at radius 3 is 2.68 bits per heavy atom. The molecule has 248 valence electrons. The number of hydrogen-bond acceptors (Lipinski definition) is 7. The van der Waals surface area contributed by atoms with Crippen molar-refractivity contribution in [3.05, 3.63) is 112 Å². The highest BCUT2D eigenvalue weighted by atomic mass is 16.7. The summed E-state index contributed by atoms with van der Waals surface area (Å²) in [7, 11) is 0. The van der Waals surface area contributed by atoms with Gasteiger partial charge >= 0.3 is 5.69 Å². The van der Waals surface area contributed by atoms with E-state index in [4.69, 9.17) is 14.2 Å². The number of aromatic hydroxyl groups is 1. The van der Waals surface area contributed by atoms with E-state index in [1.807, 2.05) is 74.5 Å². The molecule has 0 amide bonds. The Kier molecular flexibility index (Phi) is 11.9. The van der Waals surface area contributed by atoms with Crippen molar-refractivity contribution in [2.24, 2.45) is 0 Å². The van der Waals surface area contributed by atoms with Gasteiger partial charge in [0, 0.05) is 44.5 Å². The van der Waals surface area contributed by atoms with Crippen LogP contribution in [0.4, 0.5) is 0 Å². The molecule has 4 aromatic rings. The number of nitrogens with one attached hydrogen (secondary N) is 1. The molecule has 0 bridgehead atoms. The third-order valence-electron chi connectivity index (χ3n) is 7.97. The molecule has 0 saturated carbocycles. The van der Waals surface area contributed by atoms with Crippen molar-refractivity contribution in [2.75, 3.05) is 26.3 Å². The van der Waals surface area contributed by atoms with Crippen LogP contribution in [0, 0.1) is 11.8 Å². The summed E-state index contributed by atoms with van der Waals surface area (Å²) in [6.45, 7) is 7.27. The summed E-state index contributed by atoms with van der Waals surface area (Å²) in [5, 5.41) is 24.4. The number of fused-ring (bicyclic) bond motifs is 1. The first kappa shape index (κ1) is 34.0. The van der Waals surface area contributed by atoms with Crippen molar-refractivity contribution in [2.45, 2.75) is 71.0 Å². The molecule has 1 atom stereocenters. The zero-order chi connectivity index (χ0) is 33.1. The lowest BCUT2D eigenvalue weighted by Crippen LogP contribution is -2.35. The van der Waals surface area contributed by atoms with Crippen molar-refractivity contribution < 1.29 is 24.4 Å². The fraction of sp³-hybridized carbons (Fsp3) is 0.395. The minimum atomic E-state index is -0.624. The number of imidazole rings is 1. The van der Waals surface area contributed by atoms with Gasteiger partial charge in [0.25, 0.3) is 0 Å². The van der Waals surface area contributed by atoms with Crippen LogP contribution in [0.25, 0.3) is 5.69 Å². The minimum absolute atomic E-state index is 0.114. The molecule has 0 aliphatic carbocycles. The number of aliphatic hydroxyl groups excluding tert-OH is 1. The molecule has 47 heavy (non-hydrogen) atoms. The first-order valence-electron chi connectivity index (χ1n) is 16.4. The lowest BCUT2D eigenvalue weighted by Gasteiger charge is -2.33. The average molecular weight is 640 g/mol. The molecule has 1 aliphatic rings. The van der Waals surface area contributed by atoms with E-state index in [2.05, 4.69) is 17.2 Å². The van der Waals surface area contributed by atoms with Crippen LogP contribution < -0.4 is 15.7 Å². The Balaban J connectivity index is 0.935. The normalized spacial score (nSPS) is 14.1. The predicted octanol–water partition coefficient (Wildman–Crippen LogP) is 5.68. The molecule has 3 aromatic carbocycles.